The number of ether oxygens (including phenoxy) is 1. The first-order valence-corrected chi connectivity index (χ1v) is 8.37. The lowest BCUT2D eigenvalue weighted by atomic mass is 10.0. The van der Waals surface area contributed by atoms with Gasteiger partial charge in [0, 0.05) is 6.54 Å². The van der Waals surface area contributed by atoms with Gasteiger partial charge in [-0.3, -0.25) is 4.79 Å². The Bertz CT molecular complexity index is 929. The van der Waals surface area contributed by atoms with E-state index in [4.69, 9.17) is 14.3 Å². The minimum atomic E-state index is -1.10. The summed E-state index contributed by atoms with van der Waals surface area (Å²) in [7, 11) is 0. The molecule has 1 atom stereocenters. The van der Waals surface area contributed by atoms with Crippen LogP contribution in [0.4, 0.5) is 10.8 Å². The summed E-state index contributed by atoms with van der Waals surface area (Å²) in [6.45, 7) is 8.60. The van der Waals surface area contributed by atoms with Gasteiger partial charge in [-0.15, -0.1) is 0 Å². The number of hydrogen-bond acceptors (Lipinski definition) is 7. The van der Waals surface area contributed by atoms with Crippen LogP contribution < -0.4 is 16.3 Å². The van der Waals surface area contributed by atoms with Crippen molar-refractivity contribution >= 4 is 29.0 Å². The molecule has 2 rings (SSSR count). The highest BCUT2D eigenvalue weighted by Gasteiger charge is 2.18. The Labute approximate surface area is 155 Å². The van der Waals surface area contributed by atoms with Crippen LogP contribution in [0.25, 0.3) is 10.9 Å². The number of nitrogens with zero attached hydrogens (tertiary/aromatic N) is 1. The van der Waals surface area contributed by atoms with Gasteiger partial charge >= 0.3 is 17.7 Å². The molecule has 1 aromatic carbocycles. The van der Waals surface area contributed by atoms with Crippen molar-refractivity contribution in [1.82, 2.24) is 10.3 Å². The molecule has 1 aromatic heterocycles. The van der Waals surface area contributed by atoms with E-state index in [0.717, 1.165) is 0 Å². The van der Waals surface area contributed by atoms with Crippen LogP contribution >= 0.6 is 0 Å². The molecule has 9 nitrogen and oxygen atoms in total. The third kappa shape index (κ3) is 5.19. The first-order chi connectivity index (χ1) is 12.5. The van der Waals surface area contributed by atoms with Gasteiger partial charge in [0.05, 0.1) is 10.9 Å². The van der Waals surface area contributed by atoms with Gasteiger partial charge in [0.1, 0.15) is 11.6 Å². The first-order valence-electron chi connectivity index (χ1n) is 8.37. The Morgan fingerprint density at radius 2 is 2.00 bits per heavy atom. The minimum Gasteiger partial charge on any atom is -0.480 e. The van der Waals surface area contributed by atoms with E-state index in [-0.39, 0.29) is 17.9 Å². The molecule has 0 saturated heterocycles. The summed E-state index contributed by atoms with van der Waals surface area (Å²) in [6, 6.07) is 2.21. The molecule has 3 N–H and O–H groups in total. The standard InChI is InChI=1S/C18H23N3O6/c1-9-11(8-19-17(25)27-18(3,4)5)6-7-12-13(9)15(24)26-16(21-12)20-10(2)14(22)23/h6-7,10H,8H2,1-5H3,(H,19,25)(H,20,21)(H,22,23)/t10-/m0/s1. The zero-order chi connectivity index (χ0) is 20.4. The molecule has 2 aromatic rings. The van der Waals surface area contributed by atoms with Gasteiger partial charge in [0.2, 0.25) is 0 Å². The van der Waals surface area contributed by atoms with Crippen LogP contribution in [0.2, 0.25) is 0 Å². The summed E-state index contributed by atoms with van der Waals surface area (Å²) in [4.78, 5) is 39.2. The molecule has 27 heavy (non-hydrogen) atoms. The van der Waals surface area contributed by atoms with Crippen molar-refractivity contribution in [1.29, 1.82) is 0 Å². The van der Waals surface area contributed by atoms with Gasteiger partial charge in [0.15, 0.2) is 0 Å². The molecular formula is C18H23N3O6. The molecule has 0 aliphatic heterocycles. The SMILES string of the molecule is Cc1c(CNC(=O)OC(C)(C)C)ccc2nc(N[C@@H](C)C(=O)O)oc(=O)c12. The van der Waals surface area contributed by atoms with Gasteiger partial charge in [0.25, 0.3) is 6.01 Å². The van der Waals surface area contributed by atoms with Crippen LogP contribution in [0.5, 0.6) is 0 Å². The van der Waals surface area contributed by atoms with Crippen molar-refractivity contribution in [3.05, 3.63) is 33.7 Å². The minimum absolute atomic E-state index is 0.165. The first kappa shape index (κ1) is 20.2. The van der Waals surface area contributed by atoms with Gasteiger partial charge in [-0.2, -0.15) is 4.98 Å². The lowest BCUT2D eigenvalue weighted by molar-refractivity contribution is -0.137. The Kier molecular flexibility index (Phi) is 5.72. The fraction of sp³-hybridized carbons (Fsp3) is 0.444. The van der Waals surface area contributed by atoms with E-state index in [9.17, 15) is 14.4 Å². The van der Waals surface area contributed by atoms with E-state index in [1.807, 2.05) is 0 Å². The normalized spacial score (nSPS) is 12.5. The molecule has 0 saturated carbocycles. The lowest BCUT2D eigenvalue weighted by Gasteiger charge is -2.20. The van der Waals surface area contributed by atoms with Gasteiger partial charge in [-0.25, -0.2) is 9.59 Å². The molecule has 1 heterocycles. The van der Waals surface area contributed by atoms with Crippen molar-refractivity contribution in [3.8, 4) is 0 Å². The number of carboxylic acids is 1. The number of alkyl carbamates (subject to hydrolysis) is 1. The lowest BCUT2D eigenvalue weighted by Crippen LogP contribution is -2.32. The number of nitrogens with one attached hydrogen (secondary N) is 2. The van der Waals surface area contributed by atoms with E-state index in [1.54, 1.807) is 39.8 Å². The molecule has 0 radical (unpaired) electrons. The number of amides is 1. The highest BCUT2D eigenvalue weighted by Crippen LogP contribution is 2.19. The van der Waals surface area contributed by atoms with Crippen molar-refractivity contribution < 1.29 is 23.8 Å². The Morgan fingerprint density at radius 3 is 2.59 bits per heavy atom. The second kappa shape index (κ2) is 7.65. The number of aliphatic carboxylic acids is 1. The zero-order valence-electron chi connectivity index (χ0n) is 15.9. The zero-order valence-corrected chi connectivity index (χ0v) is 15.9. The highest BCUT2D eigenvalue weighted by atomic mass is 16.6. The second-order valence-electron chi connectivity index (χ2n) is 7.11. The van der Waals surface area contributed by atoms with Crippen molar-refractivity contribution in [3.63, 3.8) is 0 Å². The van der Waals surface area contributed by atoms with Crippen LogP contribution in [0.3, 0.4) is 0 Å². The molecule has 0 aliphatic rings. The third-order valence-electron chi connectivity index (χ3n) is 3.70. The molecule has 9 heteroatoms. The summed E-state index contributed by atoms with van der Waals surface area (Å²) in [5.74, 6) is -1.10. The number of fused-ring (bicyclic) bond motifs is 1. The van der Waals surface area contributed by atoms with Gasteiger partial charge in [-0.1, -0.05) is 6.07 Å². The number of aryl methyl sites for hydroxylation is 1. The van der Waals surface area contributed by atoms with E-state index in [1.165, 1.54) is 6.92 Å². The number of anilines is 1. The molecule has 0 spiro atoms. The molecule has 0 bridgehead atoms. The van der Waals surface area contributed by atoms with E-state index in [2.05, 4.69) is 15.6 Å². The van der Waals surface area contributed by atoms with Crippen molar-refractivity contribution in [2.24, 2.45) is 0 Å². The molecule has 0 unspecified atom stereocenters. The number of carbonyl (C=O) groups excluding carboxylic acids is 1. The van der Waals surface area contributed by atoms with E-state index < -0.39 is 29.3 Å². The number of carbonyl (C=O) groups is 2. The largest absolute Gasteiger partial charge is 0.480 e. The summed E-state index contributed by atoms with van der Waals surface area (Å²) in [5, 5.41) is 14.4. The number of aromatic nitrogens is 1. The van der Waals surface area contributed by atoms with E-state index >= 15 is 0 Å². The summed E-state index contributed by atoms with van der Waals surface area (Å²) < 4.78 is 10.3. The van der Waals surface area contributed by atoms with Crippen LogP contribution in [0.15, 0.2) is 21.3 Å². The number of benzene rings is 1. The Hall–Kier alpha value is -3.10. The smallest absolute Gasteiger partial charge is 0.407 e. The van der Waals surface area contributed by atoms with Gasteiger partial charge in [-0.05, 0) is 51.8 Å². The summed E-state index contributed by atoms with van der Waals surface area (Å²) in [5.41, 5.74) is 0.440. The molecule has 0 fully saturated rings. The fourth-order valence-corrected chi connectivity index (χ4v) is 2.34. The number of carboxylic acid groups (broad SMARTS) is 1. The molecular weight excluding hydrogens is 354 g/mol. The van der Waals surface area contributed by atoms with Crippen LogP contribution in [-0.4, -0.2) is 33.8 Å². The average Bonchev–Trinajstić information content (AvgIpc) is 2.52. The highest BCUT2D eigenvalue weighted by molar-refractivity contribution is 5.83. The Morgan fingerprint density at radius 1 is 1.33 bits per heavy atom. The monoisotopic (exact) mass is 377 g/mol. The predicted octanol–water partition coefficient (Wildman–Crippen LogP) is 2.41. The molecule has 0 aliphatic carbocycles. The van der Waals surface area contributed by atoms with Crippen LogP contribution in [0, 0.1) is 6.92 Å². The third-order valence-corrected chi connectivity index (χ3v) is 3.70. The average molecular weight is 377 g/mol. The topological polar surface area (TPSA) is 131 Å². The molecule has 146 valence electrons. The molecule has 1 amide bonds. The van der Waals surface area contributed by atoms with Crippen molar-refractivity contribution in [2.45, 2.75) is 52.8 Å². The van der Waals surface area contributed by atoms with Crippen LogP contribution in [-0.2, 0) is 16.1 Å². The maximum Gasteiger partial charge on any atom is 0.407 e. The number of hydrogen-bond donors (Lipinski definition) is 3. The second-order valence-corrected chi connectivity index (χ2v) is 7.11. The summed E-state index contributed by atoms with van der Waals surface area (Å²) >= 11 is 0. The maximum atomic E-state index is 12.3. The fourth-order valence-electron chi connectivity index (χ4n) is 2.34. The van der Waals surface area contributed by atoms with Crippen LogP contribution in [0.1, 0.15) is 38.8 Å². The number of rotatable bonds is 5. The Balaban J connectivity index is 2.26. The predicted molar refractivity (Wildman–Crippen MR) is 98.8 cm³/mol. The van der Waals surface area contributed by atoms with Crippen molar-refractivity contribution in [2.75, 3.05) is 5.32 Å². The summed E-state index contributed by atoms with van der Waals surface area (Å²) in [6.07, 6.45) is -0.561. The quantitative estimate of drug-likeness (QED) is 0.724. The maximum absolute atomic E-state index is 12.3. The van der Waals surface area contributed by atoms with Gasteiger partial charge < -0.3 is 24.9 Å². The van der Waals surface area contributed by atoms with E-state index in [0.29, 0.717) is 16.6 Å².